The molecule has 0 spiro atoms. The molecule has 4 heteroatoms. The predicted octanol–water partition coefficient (Wildman–Crippen LogP) is 3.99. The molecule has 1 aromatic carbocycles. The molecule has 1 N–H and O–H groups in total. The van der Waals surface area contributed by atoms with Crippen molar-refractivity contribution in [2.75, 3.05) is 0 Å². The zero-order chi connectivity index (χ0) is 11.7. The Kier molecular flexibility index (Phi) is 2.46. The van der Waals surface area contributed by atoms with Gasteiger partial charge in [-0.1, -0.05) is 23.7 Å². The van der Waals surface area contributed by atoms with Crippen molar-refractivity contribution in [2.24, 2.45) is 0 Å². The highest BCUT2D eigenvalue weighted by Gasteiger charge is 2.07. The molecule has 0 radical (unpaired) electrons. The number of furan rings is 1. The molecular formula is C13H9ClN2O. The Labute approximate surface area is 103 Å². The predicted molar refractivity (Wildman–Crippen MR) is 66.7 cm³/mol. The number of hydrogen-bond acceptors (Lipinski definition) is 2. The Hall–Kier alpha value is -2.00. The summed E-state index contributed by atoms with van der Waals surface area (Å²) in [5, 5.41) is 7.91. The van der Waals surface area contributed by atoms with Gasteiger partial charge in [0.15, 0.2) is 5.76 Å². The summed E-state index contributed by atoms with van der Waals surface area (Å²) < 4.78 is 5.30. The fourth-order valence-electron chi connectivity index (χ4n) is 1.65. The summed E-state index contributed by atoms with van der Waals surface area (Å²) in [6.07, 6.45) is 1.64. The monoisotopic (exact) mass is 244 g/mol. The van der Waals surface area contributed by atoms with Gasteiger partial charge in [0, 0.05) is 10.6 Å². The van der Waals surface area contributed by atoms with Crippen LogP contribution in [0.15, 0.2) is 53.1 Å². The van der Waals surface area contributed by atoms with E-state index < -0.39 is 0 Å². The molecule has 2 heterocycles. The molecule has 3 aromatic rings. The van der Waals surface area contributed by atoms with E-state index in [1.165, 1.54) is 0 Å². The molecule has 0 amide bonds. The van der Waals surface area contributed by atoms with E-state index in [4.69, 9.17) is 16.0 Å². The zero-order valence-electron chi connectivity index (χ0n) is 8.85. The number of aromatic nitrogens is 2. The molecule has 0 saturated carbocycles. The molecule has 0 fully saturated rings. The molecule has 0 aliphatic heterocycles. The van der Waals surface area contributed by atoms with Crippen LogP contribution in [0.1, 0.15) is 0 Å². The molecule has 3 nitrogen and oxygen atoms in total. The summed E-state index contributed by atoms with van der Waals surface area (Å²) in [5.41, 5.74) is 2.75. The molecule has 0 aliphatic carbocycles. The van der Waals surface area contributed by atoms with Crippen LogP contribution in [0.25, 0.3) is 22.7 Å². The lowest BCUT2D eigenvalue weighted by Crippen LogP contribution is -1.76. The third kappa shape index (κ3) is 1.97. The lowest BCUT2D eigenvalue weighted by atomic mass is 10.1. The van der Waals surface area contributed by atoms with E-state index in [2.05, 4.69) is 10.2 Å². The normalized spacial score (nSPS) is 10.6. The van der Waals surface area contributed by atoms with Gasteiger partial charge in [-0.25, -0.2) is 0 Å². The van der Waals surface area contributed by atoms with Gasteiger partial charge in [0.1, 0.15) is 5.69 Å². The smallest absolute Gasteiger partial charge is 0.151 e. The van der Waals surface area contributed by atoms with Crippen LogP contribution in [-0.4, -0.2) is 10.2 Å². The lowest BCUT2D eigenvalue weighted by molar-refractivity contribution is 0.580. The average Bonchev–Trinajstić information content (AvgIpc) is 3.00. The summed E-state index contributed by atoms with van der Waals surface area (Å²) in [4.78, 5) is 0. The van der Waals surface area contributed by atoms with E-state index in [9.17, 15) is 0 Å². The maximum Gasteiger partial charge on any atom is 0.151 e. The summed E-state index contributed by atoms with van der Waals surface area (Å²) >= 11 is 5.84. The molecular weight excluding hydrogens is 236 g/mol. The SMILES string of the molecule is Clc1ccc(-c2cc(-c3ccco3)[nH]n2)cc1. The van der Waals surface area contributed by atoms with Gasteiger partial charge in [-0.3, -0.25) is 5.10 Å². The van der Waals surface area contributed by atoms with Gasteiger partial charge in [-0.2, -0.15) is 5.10 Å². The van der Waals surface area contributed by atoms with Gasteiger partial charge >= 0.3 is 0 Å². The van der Waals surface area contributed by atoms with Crippen LogP contribution in [0, 0.1) is 0 Å². The Balaban J connectivity index is 1.98. The van der Waals surface area contributed by atoms with Gasteiger partial charge in [0.05, 0.1) is 12.0 Å². The second kappa shape index (κ2) is 4.11. The molecule has 84 valence electrons. The first-order valence-electron chi connectivity index (χ1n) is 5.18. The van der Waals surface area contributed by atoms with Gasteiger partial charge in [-0.05, 0) is 30.3 Å². The maximum absolute atomic E-state index is 5.84. The van der Waals surface area contributed by atoms with Crippen molar-refractivity contribution in [3.8, 4) is 22.7 Å². The van der Waals surface area contributed by atoms with Crippen molar-refractivity contribution in [1.82, 2.24) is 10.2 Å². The largest absolute Gasteiger partial charge is 0.463 e. The number of halogens is 1. The third-order valence-electron chi connectivity index (χ3n) is 2.50. The fraction of sp³-hybridized carbons (Fsp3) is 0. The van der Waals surface area contributed by atoms with Crippen molar-refractivity contribution >= 4 is 11.6 Å². The average molecular weight is 245 g/mol. The van der Waals surface area contributed by atoms with Crippen molar-refractivity contribution < 1.29 is 4.42 Å². The highest BCUT2D eigenvalue weighted by Crippen LogP contribution is 2.24. The van der Waals surface area contributed by atoms with E-state index in [0.29, 0.717) is 0 Å². The van der Waals surface area contributed by atoms with Gasteiger partial charge in [0.2, 0.25) is 0 Å². The molecule has 17 heavy (non-hydrogen) atoms. The molecule has 3 rings (SSSR count). The van der Waals surface area contributed by atoms with Crippen molar-refractivity contribution in [1.29, 1.82) is 0 Å². The van der Waals surface area contributed by atoms with Crippen molar-refractivity contribution in [2.45, 2.75) is 0 Å². The molecule has 0 saturated heterocycles. The minimum absolute atomic E-state index is 0.718. The van der Waals surface area contributed by atoms with Gasteiger partial charge in [0.25, 0.3) is 0 Å². The van der Waals surface area contributed by atoms with Crippen LogP contribution < -0.4 is 0 Å². The molecule has 0 atom stereocenters. The Morgan fingerprint density at radius 1 is 1.12 bits per heavy atom. The fourth-order valence-corrected chi connectivity index (χ4v) is 1.77. The van der Waals surface area contributed by atoms with Gasteiger partial charge in [-0.15, -0.1) is 0 Å². The van der Waals surface area contributed by atoms with Gasteiger partial charge < -0.3 is 4.42 Å². The van der Waals surface area contributed by atoms with Crippen LogP contribution in [-0.2, 0) is 0 Å². The summed E-state index contributed by atoms with van der Waals surface area (Å²) in [7, 11) is 0. The summed E-state index contributed by atoms with van der Waals surface area (Å²) in [5.74, 6) is 0.776. The minimum Gasteiger partial charge on any atom is -0.463 e. The first-order chi connectivity index (χ1) is 8.33. The molecule has 0 aliphatic rings. The van der Waals surface area contributed by atoms with E-state index >= 15 is 0 Å². The zero-order valence-corrected chi connectivity index (χ0v) is 9.61. The molecule has 0 unspecified atom stereocenters. The van der Waals surface area contributed by atoms with Crippen LogP contribution in [0.5, 0.6) is 0 Å². The highest BCUT2D eigenvalue weighted by molar-refractivity contribution is 6.30. The Bertz CT molecular complexity index is 611. The van der Waals surface area contributed by atoms with Crippen LogP contribution in [0.4, 0.5) is 0 Å². The number of nitrogens with one attached hydrogen (secondary N) is 1. The standard InChI is InChI=1S/C13H9ClN2O/c14-10-5-3-9(4-6-10)11-8-12(16-15-11)13-2-1-7-17-13/h1-8H,(H,15,16). The number of aromatic amines is 1. The number of rotatable bonds is 2. The van der Waals surface area contributed by atoms with E-state index in [1.807, 2.05) is 42.5 Å². The molecule has 2 aromatic heterocycles. The van der Waals surface area contributed by atoms with E-state index in [-0.39, 0.29) is 0 Å². The second-order valence-corrected chi connectivity index (χ2v) is 4.09. The van der Waals surface area contributed by atoms with E-state index in [1.54, 1.807) is 6.26 Å². The quantitative estimate of drug-likeness (QED) is 0.741. The van der Waals surface area contributed by atoms with E-state index in [0.717, 1.165) is 27.7 Å². The topological polar surface area (TPSA) is 41.8 Å². The highest BCUT2D eigenvalue weighted by atomic mass is 35.5. The number of H-pyrrole nitrogens is 1. The van der Waals surface area contributed by atoms with Crippen LogP contribution in [0.3, 0.4) is 0 Å². The maximum atomic E-state index is 5.84. The first kappa shape index (κ1) is 10.2. The number of hydrogen-bond donors (Lipinski definition) is 1. The summed E-state index contributed by atoms with van der Waals surface area (Å²) in [6, 6.07) is 13.2. The van der Waals surface area contributed by atoms with Crippen molar-refractivity contribution in [3.63, 3.8) is 0 Å². The van der Waals surface area contributed by atoms with Crippen molar-refractivity contribution in [3.05, 3.63) is 53.8 Å². The van der Waals surface area contributed by atoms with Crippen LogP contribution in [0.2, 0.25) is 5.02 Å². The number of benzene rings is 1. The first-order valence-corrected chi connectivity index (χ1v) is 5.56. The summed E-state index contributed by atoms with van der Waals surface area (Å²) in [6.45, 7) is 0. The Morgan fingerprint density at radius 2 is 1.94 bits per heavy atom. The molecule has 0 bridgehead atoms. The minimum atomic E-state index is 0.718. The Morgan fingerprint density at radius 3 is 2.65 bits per heavy atom. The lowest BCUT2D eigenvalue weighted by Gasteiger charge is -1.94. The van der Waals surface area contributed by atoms with Crippen LogP contribution >= 0.6 is 11.6 Å². The third-order valence-corrected chi connectivity index (χ3v) is 2.76. The second-order valence-electron chi connectivity index (χ2n) is 3.65. The number of nitrogens with zero attached hydrogens (tertiary/aromatic N) is 1.